The van der Waals surface area contributed by atoms with E-state index in [9.17, 15) is 4.79 Å². The van der Waals surface area contributed by atoms with Crippen molar-refractivity contribution in [3.05, 3.63) is 59.9 Å². The van der Waals surface area contributed by atoms with Crippen molar-refractivity contribution in [2.24, 2.45) is 11.8 Å². The minimum Gasteiger partial charge on any atom is -0.367 e. The molecule has 4 aliphatic rings. The van der Waals surface area contributed by atoms with Crippen LogP contribution in [0.2, 0.25) is 0 Å². The fraction of sp³-hybridized carbons (Fsp3) is 0.560. The standard InChI is InChI=1S/C25H32N2O4/c1-16-13-26(23-22-18(3)25(31-23)17(2)9-8-12-21(25)30-22)24(28)27(19(16)4)15-29-14-20-10-6-5-7-11-20/h5-7,10-11,13,17-18,21-23H,4,8-9,12,14-15H2,1-3H3/t17-,18-,21-,22+,23-,25?/m1/s1. The van der Waals surface area contributed by atoms with Crippen molar-refractivity contribution in [3.63, 3.8) is 0 Å². The number of amides is 2. The minimum absolute atomic E-state index is 0.114. The molecule has 6 nitrogen and oxygen atoms in total. The molecule has 1 spiro atoms. The largest absolute Gasteiger partial charge is 0.367 e. The van der Waals surface area contributed by atoms with Crippen LogP contribution in [0.25, 0.3) is 0 Å². The molecule has 0 radical (unpaired) electrons. The van der Waals surface area contributed by atoms with Crippen LogP contribution < -0.4 is 0 Å². The number of urea groups is 1. The lowest BCUT2D eigenvalue weighted by Gasteiger charge is -2.47. The predicted octanol–water partition coefficient (Wildman–Crippen LogP) is 4.63. The number of benzene rings is 1. The summed E-state index contributed by atoms with van der Waals surface area (Å²) in [6.45, 7) is 11.1. The number of carbonyl (C=O) groups excluding carboxylic acids is 1. The molecule has 2 amide bonds. The van der Waals surface area contributed by atoms with Gasteiger partial charge in [-0.25, -0.2) is 4.79 Å². The molecule has 2 bridgehead atoms. The topological polar surface area (TPSA) is 51.2 Å². The summed E-state index contributed by atoms with van der Waals surface area (Å²) in [4.78, 5) is 16.8. The van der Waals surface area contributed by atoms with Crippen molar-refractivity contribution in [1.82, 2.24) is 9.80 Å². The molecule has 1 saturated carbocycles. The Balaban J connectivity index is 1.33. The van der Waals surface area contributed by atoms with E-state index in [-0.39, 0.29) is 36.5 Å². The maximum Gasteiger partial charge on any atom is 0.332 e. The predicted molar refractivity (Wildman–Crippen MR) is 117 cm³/mol. The van der Waals surface area contributed by atoms with Gasteiger partial charge in [0.1, 0.15) is 18.4 Å². The molecule has 0 N–H and O–H groups in total. The van der Waals surface area contributed by atoms with Gasteiger partial charge >= 0.3 is 6.03 Å². The van der Waals surface area contributed by atoms with Crippen LogP contribution in [0.1, 0.15) is 45.6 Å². The normalized spacial score (nSPS) is 37.3. The maximum atomic E-state index is 13.5. The van der Waals surface area contributed by atoms with E-state index in [1.54, 1.807) is 9.80 Å². The molecule has 1 aromatic rings. The maximum absolute atomic E-state index is 13.5. The van der Waals surface area contributed by atoms with Gasteiger partial charge in [0.25, 0.3) is 0 Å². The third kappa shape index (κ3) is 3.15. The molecule has 6 atom stereocenters. The summed E-state index contributed by atoms with van der Waals surface area (Å²) >= 11 is 0. The van der Waals surface area contributed by atoms with Gasteiger partial charge in [-0.3, -0.25) is 9.80 Å². The SMILES string of the molecule is C=C1C(C)=CN([C@@H]2OC34[C@H](C)CCC[C@H]3O[C@H]2[C@H]4C)C(=O)N1COCc1ccccc1. The molecular weight excluding hydrogens is 392 g/mol. The molecule has 1 unspecified atom stereocenters. The first-order chi connectivity index (χ1) is 14.9. The lowest BCUT2D eigenvalue weighted by atomic mass is 9.69. The van der Waals surface area contributed by atoms with Crippen molar-refractivity contribution in [2.75, 3.05) is 6.73 Å². The van der Waals surface area contributed by atoms with E-state index < -0.39 is 6.23 Å². The minimum atomic E-state index is -0.418. The van der Waals surface area contributed by atoms with Crippen LogP contribution in [0.15, 0.2) is 54.4 Å². The molecule has 166 valence electrons. The molecule has 3 heterocycles. The van der Waals surface area contributed by atoms with E-state index in [2.05, 4.69) is 20.4 Å². The first kappa shape index (κ1) is 20.7. The van der Waals surface area contributed by atoms with E-state index >= 15 is 0 Å². The highest BCUT2D eigenvalue weighted by Gasteiger charge is 2.68. The number of rotatable bonds is 5. The van der Waals surface area contributed by atoms with Crippen LogP contribution in [0.5, 0.6) is 0 Å². The Labute approximate surface area is 184 Å². The van der Waals surface area contributed by atoms with E-state index in [0.29, 0.717) is 18.2 Å². The lowest BCUT2D eigenvalue weighted by Crippen LogP contribution is -2.58. The van der Waals surface area contributed by atoms with Crippen molar-refractivity contribution in [3.8, 4) is 0 Å². The van der Waals surface area contributed by atoms with Crippen LogP contribution in [-0.2, 0) is 20.8 Å². The number of hydrogen-bond acceptors (Lipinski definition) is 4. The third-order valence-corrected chi connectivity index (χ3v) is 7.68. The van der Waals surface area contributed by atoms with E-state index in [0.717, 1.165) is 24.0 Å². The third-order valence-electron chi connectivity index (χ3n) is 7.68. The molecule has 31 heavy (non-hydrogen) atoms. The molecule has 0 aromatic heterocycles. The van der Waals surface area contributed by atoms with Gasteiger partial charge in [-0.2, -0.15) is 0 Å². The summed E-state index contributed by atoms with van der Waals surface area (Å²) in [6.07, 6.45) is 4.82. The van der Waals surface area contributed by atoms with Crippen LogP contribution in [0.3, 0.4) is 0 Å². The Morgan fingerprint density at radius 2 is 2.00 bits per heavy atom. The van der Waals surface area contributed by atoms with Crippen LogP contribution >= 0.6 is 0 Å². The van der Waals surface area contributed by atoms with Crippen molar-refractivity contribution < 1.29 is 19.0 Å². The van der Waals surface area contributed by atoms with Gasteiger partial charge in [-0.1, -0.05) is 57.2 Å². The van der Waals surface area contributed by atoms with Crippen LogP contribution in [0, 0.1) is 11.8 Å². The first-order valence-electron chi connectivity index (χ1n) is 11.4. The highest BCUT2D eigenvalue weighted by molar-refractivity contribution is 5.80. The number of fused-ring (bicyclic) bond motifs is 1. The smallest absolute Gasteiger partial charge is 0.332 e. The zero-order chi connectivity index (χ0) is 21.8. The Morgan fingerprint density at radius 1 is 1.23 bits per heavy atom. The molecule has 6 heteroatoms. The van der Waals surface area contributed by atoms with Gasteiger partial charge < -0.3 is 14.2 Å². The number of carbonyl (C=O) groups is 1. The molecule has 3 aliphatic heterocycles. The number of nitrogens with zero attached hydrogens (tertiary/aromatic N) is 2. The summed E-state index contributed by atoms with van der Waals surface area (Å²) in [5, 5.41) is 0. The zero-order valence-corrected chi connectivity index (χ0v) is 18.6. The molecule has 5 rings (SSSR count). The second-order valence-corrected chi connectivity index (χ2v) is 9.41. The van der Waals surface area contributed by atoms with Crippen LogP contribution in [0.4, 0.5) is 4.79 Å². The lowest BCUT2D eigenvalue weighted by molar-refractivity contribution is -0.240. The fourth-order valence-corrected chi connectivity index (χ4v) is 5.91. The molecule has 1 aliphatic carbocycles. The van der Waals surface area contributed by atoms with E-state index in [4.69, 9.17) is 14.2 Å². The Morgan fingerprint density at radius 3 is 2.77 bits per heavy atom. The van der Waals surface area contributed by atoms with Gasteiger partial charge in [-0.15, -0.1) is 0 Å². The second-order valence-electron chi connectivity index (χ2n) is 9.41. The Hall–Kier alpha value is -2.15. The highest BCUT2D eigenvalue weighted by atomic mass is 16.6. The molecule has 1 aromatic carbocycles. The molecule has 2 saturated heterocycles. The molecular formula is C25H32N2O4. The zero-order valence-electron chi connectivity index (χ0n) is 18.6. The fourth-order valence-electron chi connectivity index (χ4n) is 5.91. The summed E-state index contributed by atoms with van der Waals surface area (Å²) in [7, 11) is 0. The Kier molecular flexibility index (Phi) is 5.19. The van der Waals surface area contributed by atoms with Gasteiger partial charge in [-0.05, 0) is 36.8 Å². The number of ether oxygens (including phenoxy) is 3. The Bertz CT molecular complexity index is 900. The van der Waals surface area contributed by atoms with Gasteiger partial charge in [0.15, 0.2) is 6.23 Å². The van der Waals surface area contributed by atoms with Crippen molar-refractivity contribution in [2.45, 2.75) is 70.7 Å². The summed E-state index contributed by atoms with van der Waals surface area (Å²) in [5.74, 6) is 0.675. The highest BCUT2D eigenvalue weighted by Crippen LogP contribution is 2.57. The van der Waals surface area contributed by atoms with Crippen molar-refractivity contribution >= 4 is 6.03 Å². The van der Waals surface area contributed by atoms with Gasteiger partial charge in [0.2, 0.25) is 0 Å². The van der Waals surface area contributed by atoms with E-state index in [1.807, 2.05) is 43.5 Å². The second kappa shape index (κ2) is 7.76. The average molecular weight is 425 g/mol. The number of hydrogen-bond donors (Lipinski definition) is 0. The first-order valence-corrected chi connectivity index (χ1v) is 11.4. The van der Waals surface area contributed by atoms with Gasteiger partial charge in [0, 0.05) is 17.8 Å². The van der Waals surface area contributed by atoms with Gasteiger partial charge in [0.05, 0.1) is 12.7 Å². The quantitative estimate of drug-likeness (QED) is 0.691. The van der Waals surface area contributed by atoms with E-state index in [1.165, 1.54) is 6.42 Å². The summed E-state index contributed by atoms with van der Waals surface area (Å²) < 4.78 is 19.1. The average Bonchev–Trinajstić information content (AvgIpc) is 3.22. The summed E-state index contributed by atoms with van der Waals surface area (Å²) in [5.41, 5.74) is 2.36. The summed E-state index contributed by atoms with van der Waals surface area (Å²) in [6, 6.07) is 9.77. The monoisotopic (exact) mass is 424 g/mol. The van der Waals surface area contributed by atoms with Crippen molar-refractivity contribution in [1.29, 1.82) is 0 Å². The molecule has 3 fully saturated rings. The van der Waals surface area contributed by atoms with Crippen LogP contribution in [-0.4, -0.2) is 46.6 Å². The number of allylic oxidation sites excluding steroid dienone is 1.